The summed E-state index contributed by atoms with van der Waals surface area (Å²) in [5.74, 6) is -0.760. The number of carbonyl (C=O) groups is 1. The van der Waals surface area contributed by atoms with Crippen molar-refractivity contribution in [2.75, 3.05) is 7.11 Å². The average Bonchev–Trinajstić information content (AvgIpc) is 2.78. The van der Waals surface area contributed by atoms with Gasteiger partial charge in [0.05, 0.1) is 0 Å². The fourth-order valence-corrected chi connectivity index (χ4v) is 2.93. The highest BCUT2D eigenvalue weighted by atomic mass is 16.8. The molecule has 0 N–H and O–H groups in total. The number of hydrogen-bond donors (Lipinski definition) is 0. The smallest absolute Gasteiger partial charge is 0.191 e. The zero-order valence-electron chi connectivity index (χ0n) is 12.0. The van der Waals surface area contributed by atoms with Gasteiger partial charge in [0.1, 0.15) is 12.2 Å². The molecule has 108 valence electrons. The molecule has 0 unspecified atom stereocenters. The quantitative estimate of drug-likeness (QED) is 0.713. The summed E-state index contributed by atoms with van der Waals surface area (Å²) in [5.41, 5.74) is -1.01. The van der Waals surface area contributed by atoms with E-state index in [4.69, 9.17) is 18.9 Å². The van der Waals surface area contributed by atoms with Crippen LogP contribution in [0.15, 0.2) is 12.7 Å². The van der Waals surface area contributed by atoms with Crippen molar-refractivity contribution in [3.63, 3.8) is 0 Å². The van der Waals surface area contributed by atoms with Crippen molar-refractivity contribution in [1.29, 1.82) is 0 Å². The Kier molecular flexibility index (Phi) is 3.84. The molecule has 2 rings (SSSR count). The summed E-state index contributed by atoms with van der Waals surface area (Å²) in [4.78, 5) is 12.4. The van der Waals surface area contributed by atoms with Gasteiger partial charge in [-0.05, 0) is 20.3 Å². The summed E-state index contributed by atoms with van der Waals surface area (Å²) in [7, 11) is 1.57. The molecule has 0 spiro atoms. The number of rotatable bonds is 5. The van der Waals surface area contributed by atoms with E-state index in [2.05, 4.69) is 6.58 Å². The van der Waals surface area contributed by atoms with Crippen molar-refractivity contribution in [2.24, 2.45) is 0 Å². The SMILES string of the molecule is C=CCC(=O)[C@]1(CC)O[C@@H]2OC(C)(C)O[C@@H]2[C@@H]1OC. The van der Waals surface area contributed by atoms with Gasteiger partial charge in [-0.25, -0.2) is 0 Å². The fourth-order valence-electron chi connectivity index (χ4n) is 2.93. The Balaban J connectivity index is 2.28. The van der Waals surface area contributed by atoms with E-state index in [1.807, 2.05) is 20.8 Å². The molecule has 0 aromatic heterocycles. The lowest BCUT2D eigenvalue weighted by molar-refractivity contribution is -0.238. The Bertz CT molecular complexity index is 378. The normalized spacial score (nSPS) is 40.1. The molecule has 2 fully saturated rings. The minimum absolute atomic E-state index is 0.0451. The number of ether oxygens (including phenoxy) is 4. The lowest BCUT2D eigenvalue weighted by atomic mass is 9.86. The zero-order valence-corrected chi connectivity index (χ0v) is 12.0. The number of ketones is 1. The molecule has 0 aliphatic carbocycles. The molecule has 0 amide bonds. The number of fused-ring (bicyclic) bond motifs is 1. The second-order valence-electron chi connectivity index (χ2n) is 5.40. The van der Waals surface area contributed by atoms with Crippen LogP contribution in [0.3, 0.4) is 0 Å². The molecule has 0 radical (unpaired) electrons. The van der Waals surface area contributed by atoms with Crippen LogP contribution >= 0.6 is 0 Å². The van der Waals surface area contributed by atoms with Crippen LogP contribution in [0.25, 0.3) is 0 Å². The van der Waals surface area contributed by atoms with Gasteiger partial charge in [0.2, 0.25) is 0 Å². The maximum Gasteiger partial charge on any atom is 0.191 e. The summed E-state index contributed by atoms with van der Waals surface area (Å²) in [6.45, 7) is 9.15. The van der Waals surface area contributed by atoms with E-state index >= 15 is 0 Å². The van der Waals surface area contributed by atoms with E-state index in [-0.39, 0.29) is 18.3 Å². The first-order valence-corrected chi connectivity index (χ1v) is 6.60. The zero-order chi connectivity index (χ0) is 14.3. The molecule has 19 heavy (non-hydrogen) atoms. The van der Waals surface area contributed by atoms with Gasteiger partial charge in [-0.15, -0.1) is 6.58 Å². The van der Waals surface area contributed by atoms with Gasteiger partial charge in [0.15, 0.2) is 23.5 Å². The van der Waals surface area contributed by atoms with Crippen LogP contribution in [-0.2, 0) is 23.7 Å². The van der Waals surface area contributed by atoms with Gasteiger partial charge in [-0.1, -0.05) is 13.0 Å². The monoisotopic (exact) mass is 270 g/mol. The summed E-state index contributed by atoms with van der Waals surface area (Å²) in [6, 6.07) is 0. The van der Waals surface area contributed by atoms with E-state index in [1.54, 1.807) is 13.2 Å². The van der Waals surface area contributed by atoms with Crippen LogP contribution < -0.4 is 0 Å². The molecule has 2 aliphatic heterocycles. The highest BCUT2D eigenvalue weighted by molar-refractivity contribution is 5.89. The third kappa shape index (κ3) is 2.25. The number of Topliss-reactive ketones (excluding diaryl/α,β-unsaturated/α-hetero) is 1. The topological polar surface area (TPSA) is 54.0 Å². The highest BCUT2D eigenvalue weighted by Gasteiger charge is 2.64. The molecule has 2 heterocycles. The van der Waals surface area contributed by atoms with Gasteiger partial charge in [-0.3, -0.25) is 4.79 Å². The lowest BCUT2D eigenvalue weighted by Gasteiger charge is -2.33. The highest BCUT2D eigenvalue weighted by Crippen LogP contribution is 2.45. The van der Waals surface area contributed by atoms with Crippen molar-refractivity contribution in [3.8, 4) is 0 Å². The Labute approximate surface area is 113 Å². The van der Waals surface area contributed by atoms with E-state index in [9.17, 15) is 4.79 Å². The Morgan fingerprint density at radius 3 is 2.58 bits per heavy atom. The third-order valence-corrected chi connectivity index (χ3v) is 3.75. The first kappa shape index (κ1) is 14.7. The number of hydrogen-bond acceptors (Lipinski definition) is 5. The summed E-state index contributed by atoms with van der Waals surface area (Å²) in [5, 5.41) is 0. The molecular formula is C14H22O5. The number of methoxy groups -OCH3 is 1. The Morgan fingerprint density at radius 2 is 2.05 bits per heavy atom. The van der Waals surface area contributed by atoms with Crippen LogP contribution in [0.4, 0.5) is 0 Å². The standard InChI is InChI=1S/C14H22O5/c1-6-8-9(15)14(7-2)11(16-5)10-12(19-14)18-13(3,4)17-10/h6,10-12H,1,7-8H2,2-5H3/t10-,11+,12+,14+/m1/s1. The van der Waals surface area contributed by atoms with Crippen LogP contribution in [0.2, 0.25) is 0 Å². The molecule has 0 saturated carbocycles. The molecule has 4 atom stereocenters. The number of allylic oxidation sites excluding steroid dienone is 1. The fraction of sp³-hybridized carbons (Fsp3) is 0.786. The van der Waals surface area contributed by atoms with E-state index in [1.165, 1.54) is 0 Å². The van der Waals surface area contributed by atoms with Gasteiger partial charge in [0.25, 0.3) is 0 Å². The van der Waals surface area contributed by atoms with Crippen LogP contribution in [0.5, 0.6) is 0 Å². The second-order valence-corrected chi connectivity index (χ2v) is 5.40. The molecule has 0 bridgehead atoms. The Morgan fingerprint density at radius 1 is 1.37 bits per heavy atom. The van der Waals surface area contributed by atoms with Crippen LogP contribution in [0.1, 0.15) is 33.6 Å². The van der Waals surface area contributed by atoms with Crippen molar-refractivity contribution >= 4 is 5.78 Å². The molecule has 5 heteroatoms. The van der Waals surface area contributed by atoms with Gasteiger partial charge in [-0.2, -0.15) is 0 Å². The third-order valence-electron chi connectivity index (χ3n) is 3.75. The molecule has 0 aromatic carbocycles. The van der Waals surface area contributed by atoms with Crippen molar-refractivity contribution in [2.45, 2.75) is 63.5 Å². The molecule has 2 aliphatic rings. The number of carbonyl (C=O) groups excluding carboxylic acids is 1. The van der Waals surface area contributed by atoms with Gasteiger partial charge in [0, 0.05) is 13.5 Å². The second kappa shape index (κ2) is 4.98. The van der Waals surface area contributed by atoms with Gasteiger partial charge < -0.3 is 18.9 Å². The summed E-state index contributed by atoms with van der Waals surface area (Å²) >= 11 is 0. The van der Waals surface area contributed by atoms with Crippen molar-refractivity contribution in [1.82, 2.24) is 0 Å². The first-order chi connectivity index (χ1) is 8.90. The largest absolute Gasteiger partial charge is 0.375 e. The van der Waals surface area contributed by atoms with E-state index in [0.717, 1.165) is 0 Å². The predicted octanol–water partition coefficient (Wildman–Crippen LogP) is 1.80. The van der Waals surface area contributed by atoms with Crippen molar-refractivity contribution < 1.29 is 23.7 Å². The minimum atomic E-state index is -1.01. The van der Waals surface area contributed by atoms with Crippen LogP contribution in [0, 0.1) is 0 Å². The van der Waals surface area contributed by atoms with E-state index < -0.39 is 23.8 Å². The summed E-state index contributed by atoms with van der Waals surface area (Å²) < 4.78 is 22.9. The van der Waals surface area contributed by atoms with Crippen molar-refractivity contribution in [3.05, 3.63) is 12.7 Å². The van der Waals surface area contributed by atoms with Gasteiger partial charge >= 0.3 is 0 Å². The molecular weight excluding hydrogens is 248 g/mol. The average molecular weight is 270 g/mol. The predicted molar refractivity (Wildman–Crippen MR) is 68.6 cm³/mol. The molecule has 5 nitrogen and oxygen atoms in total. The first-order valence-electron chi connectivity index (χ1n) is 6.60. The van der Waals surface area contributed by atoms with Crippen LogP contribution in [-0.4, -0.2) is 42.8 Å². The molecule has 0 aromatic rings. The Hall–Kier alpha value is -0.750. The minimum Gasteiger partial charge on any atom is -0.375 e. The lowest BCUT2D eigenvalue weighted by Crippen LogP contribution is -2.51. The maximum absolute atomic E-state index is 12.4. The summed E-state index contributed by atoms with van der Waals surface area (Å²) in [6.07, 6.45) is 0.934. The molecule has 2 saturated heterocycles. The van der Waals surface area contributed by atoms with E-state index in [0.29, 0.717) is 6.42 Å². The maximum atomic E-state index is 12.4.